The smallest absolute Gasteiger partial charge is 0.0701 e. The minimum absolute atomic E-state index is 0.458. The molecule has 0 aromatic heterocycles. The van der Waals surface area contributed by atoms with Crippen LogP contribution in [-0.4, -0.2) is 35.2 Å². The third kappa shape index (κ3) is 3.00. The van der Waals surface area contributed by atoms with Gasteiger partial charge in [-0.3, -0.25) is 0 Å². The Bertz CT molecular complexity index is 397. The van der Waals surface area contributed by atoms with E-state index in [9.17, 15) is 0 Å². The van der Waals surface area contributed by atoms with E-state index in [1.165, 1.54) is 0 Å². The third-order valence-electron chi connectivity index (χ3n) is 5.58. The minimum Gasteiger partial charge on any atom is -0.0806 e. The van der Waals surface area contributed by atoms with Crippen molar-refractivity contribution in [2.45, 2.75) is 54.3 Å². The summed E-state index contributed by atoms with van der Waals surface area (Å²) in [5.41, 5.74) is 1.54. The van der Waals surface area contributed by atoms with Crippen LogP contribution in [0.25, 0.3) is 0 Å². The van der Waals surface area contributed by atoms with Gasteiger partial charge in [-0.2, -0.15) is 0 Å². The zero-order valence-electron chi connectivity index (χ0n) is 14.5. The first-order chi connectivity index (χ1) is 9.92. The molecule has 2 rings (SSSR count). The van der Waals surface area contributed by atoms with E-state index >= 15 is 0 Å². The molecule has 0 saturated heterocycles. The standard InChI is InChI=1S/C17H31Si4/c1-18(2)17(19(3)4,20(5)6)21(15-11-7-8-12-15)16-13-9-10-14-16/h7-16,18-20H,1-6H3. The topological polar surface area (TPSA) is 0 Å². The van der Waals surface area contributed by atoms with Crippen molar-refractivity contribution >= 4 is 35.2 Å². The highest BCUT2D eigenvalue weighted by Crippen LogP contribution is 2.51. The molecule has 2 aliphatic rings. The summed E-state index contributed by atoms with van der Waals surface area (Å²) in [6.45, 7) is 16.0. The molecule has 4 heteroatoms. The SMILES string of the molecule is C[SiH](C)C([Si](C1C=CC=C1)C1C=CC=C1)([SiH](C)C)[SiH](C)C. The Hall–Kier alpha value is -0.172. The summed E-state index contributed by atoms with van der Waals surface area (Å²) in [7, 11) is -2.48. The Labute approximate surface area is 138 Å². The molecule has 0 atom stereocenters. The van der Waals surface area contributed by atoms with Gasteiger partial charge in [0.05, 0.1) is 8.80 Å². The minimum atomic E-state index is -0.674. The predicted molar refractivity (Wildman–Crippen MR) is 109 cm³/mol. The lowest BCUT2D eigenvalue weighted by Crippen LogP contribution is -2.59. The van der Waals surface area contributed by atoms with Crippen molar-refractivity contribution in [2.75, 3.05) is 0 Å². The average Bonchev–Trinajstić information content (AvgIpc) is 3.07. The van der Waals surface area contributed by atoms with Crippen LogP contribution in [0.15, 0.2) is 48.6 Å². The first kappa shape index (κ1) is 17.2. The van der Waals surface area contributed by atoms with Crippen molar-refractivity contribution in [1.29, 1.82) is 0 Å². The number of rotatable bonds is 6. The fourth-order valence-electron chi connectivity index (χ4n) is 5.08. The van der Waals surface area contributed by atoms with Gasteiger partial charge in [0, 0.05) is 26.4 Å². The monoisotopic (exact) mass is 347 g/mol. The van der Waals surface area contributed by atoms with Gasteiger partial charge in [0.25, 0.3) is 0 Å². The van der Waals surface area contributed by atoms with Crippen molar-refractivity contribution < 1.29 is 0 Å². The van der Waals surface area contributed by atoms with E-state index in [1.54, 1.807) is 0 Å². The highest BCUT2D eigenvalue weighted by molar-refractivity contribution is 7.13. The summed E-state index contributed by atoms with van der Waals surface area (Å²) < 4.78 is 0.859. The Balaban J connectivity index is 2.53. The van der Waals surface area contributed by atoms with Gasteiger partial charge >= 0.3 is 0 Å². The van der Waals surface area contributed by atoms with Gasteiger partial charge in [-0.25, -0.2) is 0 Å². The fraction of sp³-hybridized carbons (Fsp3) is 0.529. The zero-order valence-corrected chi connectivity index (χ0v) is 19.0. The van der Waals surface area contributed by atoms with Crippen molar-refractivity contribution in [3.05, 3.63) is 48.6 Å². The Morgan fingerprint density at radius 3 is 1.14 bits per heavy atom. The number of hydrogen-bond donors (Lipinski definition) is 0. The third-order valence-corrected chi connectivity index (χ3v) is 34.7. The molecular formula is C17H31Si4. The second-order valence-corrected chi connectivity index (χ2v) is 24.1. The second kappa shape index (κ2) is 6.94. The van der Waals surface area contributed by atoms with Crippen molar-refractivity contribution in [2.24, 2.45) is 0 Å². The van der Waals surface area contributed by atoms with Crippen LogP contribution in [0.2, 0.25) is 54.3 Å². The van der Waals surface area contributed by atoms with E-state index in [4.69, 9.17) is 0 Å². The number of hydrogen-bond acceptors (Lipinski definition) is 0. The van der Waals surface area contributed by atoms with Gasteiger partial charge in [0.1, 0.15) is 0 Å². The quantitative estimate of drug-likeness (QED) is 0.629. The Morgan fingerprint density at radius 1 is 0.619 bits per heavy atom. The van der Waals surface area contributed by atoms with Crippen LogP contribution in [0.5, 0.6) is 0 Å². The van der Waals surface area contributed by atoms with Crippen molar-refractivity contribution in [1.82, 2.24) is 0 Å². The molecule has 21 heavy (non-hydrogen) atoms. The second-order valence-electron chi connectivity index (χ2n) is 7.44. The highest BCUT2D eigenvalue weighted by Gasteiger charge is 2.52. The van der Waals surface area contributed by atoms with Crippen LogP contribution in [0.4, 0.5) is 0 Å². The summed E-state index contributed by atoms with van der Waals surface area (Å²) in [6, 6.07) is 0. The summed E-state index contributed by atoms with van der Waals surface area (Å²) in [5, 5.41) is 0. The molecule has 0 N–H and O–H groups in total. The predicted octanol–water partition coefficient (Wildman–Crippen LogP) is 4.29. The molecule has 0 unspecified atom stereocenters. The van der Waals surface area contributed by atoms with Gasteiger partial charge < -0.3 is 0 Å². The maximum Gasteiger partial charge on any atom is 0.0701 e. The molecule has 0 aromatic carbocycles. The van der Waals surface area contributed by atoms with E-state index in [0.717, 1.165) is 15.0 Å². The molecule has 0 bridgehead atoms. The molecular weight excluding hydrogens is 317 g/mol. The molecule has 1 radical (unpaired) electrons. The lowest BCUT2D eigenvalue weighted by Gasteiger charge is -2.52. The molecule has 0 aromatic rings. The lowest BCUT2D eigenvalue weighted by atomic mass is 10.4. The van der Waals surface area contributed by atoms with Crippen LogP contribution < -0.4 is 0 Å². The molecule has 0 saturated carbocycles. The van der Waals surface area contributed by atoms with Gasteiger partial charge in [-0.05, 0) is 11.1 Å². The van der Waals surface area contributed by atoms with Gasteiger partial charge in [-0.1, -0.05) is 91.8 Å². The zero-order chi connectivity index (χ0) is 15.6. The molecule has 0 aliphatic heterocycles. The summed E-state index contributed by atoms with van der Waals surface area (Å²) >= 11 is 0. The summed E-state index contributed by atoms with van der Waals surface area (Å²) in [5.74, 6) is 0. The molecule has 0 spiro atoms. The molecule has 0 fully saturated rings. The summed E-state index contributed by atoms with van der Waals surface area (Å²) in [4.78, 5) is 0. The normalized spacial score (nSPS) is 19.5. The van der Waals surface area contributed by atoms with Crippen LogP contribution >= 0.6 is 0 Å². The van der Waals surface area contributed by atoms with Crippen molar-refractivity contribution in [3.63, 3.8) is 0 Å². The first-order valence-electron chi connectivity index (χ1n) is 8.49. The molecule has 115 valence electrons. The largest absolute Gasteiger partial charge is 0.0806 e. The van der Waals surface area contributed by atoms with Gasteiger partial charge in [0.2, 0.25) is 0 Å². The van der Waals surface area contributed by atoms with Crippen LogP contribution in [0.1, 0.15) is 0 Å². The summed E-state index contributed by atoms with van der Waals surface area (Å²) in [6.07, 6.45) is 19.3. The van der Waals surface area contributed by atoms with E-state index in [2.05, 4.69) is 87.9 Å². The first-order valence-corrected chi connectivity index (χ1v) is 18.8. The van der Waals surface area contributed by atoms with Crippen LogP contribution in [0.3, 0.4) is 0 Å². The fourth-order valence-corrected chi connectivity index (χ4v) is 35.4. The lowest BCUT2D eigenvalue weighted by molar-refractivity contribution is 1.14. The Kier molecular flexibility index (Phi) is 5.68. The van der Waals surface area contributed by atoms with E-state index < -0.39 is 35.2 Å². The number of allylic oxidation sites excluding steroid dienone is 8. The molecule has 0 amide bonds. The maximum absolute atomic E-state index is 2.66. The average molecular weight is 348 g/mol. The van der Waals surface area contributed by atoms with E-state index in [-0.39, 0.29) is 0 Å². The maximum atomic E-state index is 2.66. The van der Waals surface area contributed by atoms with Crippen molar-refractivity contribution in [3.8, 4) is 0 Å². The van der Waals surface area contributed by atoms with Gasteiger partial charge in [0.15, 0.2) is 0 Å². The molecule has 0 nitrogen and oxygen atoms in total. The van der Waals surface area contributed by atoms with E-state index in [0.29, 0.717) is 0 Å². The van der Waals surface area contributed by atoms with Crippen LogP contribution in [-0.2, 0) is 0 Å². The van der Waals surface area contributed by atoms with Crippen LogP contribution in [0, 0.1) is 0 Å². The Morgan fingerprint density at radius 2 is 0.905 bits per heavy atom. The molecule has 2 aliphatic carbocycles. The van der Waals surface area contributed by atoms with E-state index in [1.807, 2.05) is 0 Å². The highest BCUT2D eigenvalue weighted by atomic mass is 28.5. The van der Waals surface area contributed by atoms with Gasteiger partial charge in [-0.15, -0.1) is 0 Å². The molecule has 0 heterocycles.